The molecule has 4 rings (SSSR count). The number of methoxy groups -OCH3 is 1. The van der Waals surface area contributed by atoms with Crippen LogP contribution >= 0.6 is 11.3 Å². The van der Waals surface area contributed by atoms with Crippen LogP contribution in [0.1, 0.15) is 23.2 Å². The van der Waals surface area contributed by atoms with Crippen LogP contribution in [-0.4, -0.2) is 64.0 Å². The molecule has 1 saturated carbocycles. The van der Waals surface area contributed by atoms with Gasteiger partial charge in [0.1, 0.15) is 6.54 Å². The standard InChI is InChI=1S/C22H23N3O7S3/c1-24(15-6-7-15)35(30,31)16-8-4-14(5-9-16)21(27)23-22-25(13-20(26)32-2)18-11-10-17(34(3,28)29)12-19(18)33-22/h4-5,8-12,15H,6-7,13H2,1-3H3. The molecule has 0 atom stereocenters. The molecule has 3 aromatic rings. The molecule has 13 heteroatoms. The van der Waals surface area contributed by atoms with Crippen LogP contribution in [0.5, 0.6) is 0 Å². The zero-order valence-electron chi connectivity index (χ0n) is 19.2. The number of esters is 1. The highest BCUT2D eigenvalue weighted by molar-refractivity contribution is 7.90. The fourth-order valence-electron chi connectivity index (χ4n) is 3.44. The molecule has 0 radical (unpaired) electrons. The van der Waals surface area contributed by atoms with Gasteiger partial charge in [0.25, 0.3) is 5.91 Å². The van der Waals surface area contributed by atoms with E-state index in [1.807, 2.05) is 0 Å². The molecule has 1 aromatic heterocycles. The van der Waals surface area contributed by atoms with E-state index in [9.17, 15) is 26.4 Å². The van der Waals surface area contributed by atoms with E-state index < -0.39 is 31.7 Å². The Morgan fingerprint density at radius 3 is 2.29 bits per heavy atom. The van der Waals surface area contributed by atoms with Crippen molar-refractivity contribution in [3.8, 4) is 0 Å². The van der Waals surface area contributed by atoms with E-state index in [2.05, 4.69) is 4.99 Å². The predicted molar refractivity (Wildman–Crippen MR) is 129 cm³/mol. The summed E-state index contributed by atoms with van der Waals surface area (Å²) in [7, 11) is -4.33. The largest absolute Gasteiger partial charge is 0.468 e. The van der Waals surface area contributed by atoms with E-state index in [-0.39, 0.29) is 32.7 Å². The van der Waals surface area contributed by atoms with Crippen LogP contribution in [0.3, 0.4) is 0 Å². The van der Waals surface area contributed by atoms with E-state index >= 15 is 0 Å². The van der Waals surface area contributed by atoms with Gasteiger partial charge in [-0.15, -0.1) is 0 Å². The maximum absolute atomic E-state index is 12.9. The van der Waals surface area contributed by atoms with Gasteiger partial charge in [0.15, 0.2) is 14.6 Å². The van der Waals surface area contributed by atoms with E-state index in [1.54, 1.807) is 6.07 Å². The molecule has 186 valence electrons. The average molecular weight is 538 g/mol. The number of sulfonamides is 1. The Hall–Kier alpha value is -2.87. The fraction of sp³-hybridized carbons (Fsp3) is 0.318. The first kappa shape index (κ1) is 25.2. The molecule has 1 heterocycles. The van der Waals surface area contributed by atoms with E-state index in [1.165, 1.54) is 59.4 Å². The van der Waals surface area contributed by atoms with Crippen LogP contribution in [0.25, 0.3) is 10.2 Å². The Bertz CT molecular complexity index is 1600. The monoisotopic (exact) mass is 537 g/mol. The first-order valence-corrected chi connectivity index (χ1v) is 14.6. The number of amides is 1. The van der Waals surface area contributed by atoms with Crippen LogP contribution in [-0.2, 0) is 35.9 Å². The molecule has 0 saturated heterocycles. The minimum Gasteiger partial charge on any atom is -0.468 e. The molecule has 1 aliphatic carbocycles. The normalized spacial score (nSPS) is 15.0. The first-order valence-electron chi connectivity index (χ1n) is 10.5. The topological polar surface area (TPSA) is 132 Å². The molecule has 1 fully saturated rings. The maximum Gasteiger partial charge on any atom is 0.325 e. The molecule has 0 bridgehead atoms. The Labute approximate surface area is 206 Å². The summed E-state index contributed by atoms with van der Waals surface area (Å²) in [5, 5.41) is 0. The summed E-state index contributed by atoms with van der Waals surface area (Å²) in [5.41, 5.74) is 0.681. The molecule has 1 amide bonds. The molecule has 1 aliphatic rings. The van der Waals surface area contributed by atoms with Crippen molar-refractivity contribution in [2.24, 2.45) is 4.99 Å². The lowest BCUT2D eigenvalue weighted by atomic mass is 10.2. The number of ether oxygens (including phenoxy) is 1. The summed E-state index contributed by atoms with van der Waals surface area (Å²) in [4.78, 5) is 29.4. The van der Waals surface area contributed by atoms with Gasteiger partial charge in [0.05, 0.1) is 27.1 Å². The van der Waals surface area contributed by atoms with Crippen LogP contribution < -0.4 is 4.80 Å². The number of nitrogens with zero attached hydrogens (tertiary/aromatic N) is 3. The Kier molecular flexibility index (Phi) is 6.70. The zero-order valence-corrected chi connectivity index (χ0v) is 21.6. The second-order valence-electron chi connectivity index (χ2n) is 8.14. The molecular weight excluding hydrogens is 514 g/mol. The van der Waals surface area contributed by atoms with Gasteiger partial charge in [-0.1, -0.05) is 11.3 Å². The Morgan fingerprint density at radius 2 is 1.71 bits per heavy atom. The van der Waals surface area contributed by atoms with Gasteiger partial charge >= 0.3 is 5.97 Å². The Balaban J connectivity index is 1.73. The van der Waals surface area contributed by atoms with E-state index in [0.717, 1.165) is 30.4 Å². The lowest BCUT2D eigenvalue weighted by molar-refractivity contribution is -0.141. The van der Waals surface area contributed by atoms with Crippen molar-refractivity contribution in [3.63, 3.8) is 0 Å². The number of rotatable bonds is 7. The molecular formula is C22H23N3O7S3. The van der Waals surface area contributed by atoms with Gasteiger partial charge in [0, 0.05) is 24.9 Å². The van der Waals surface area contributed by atoms with Crippen LogP contribution in [0.4, 0.5) is 0 Å². The molecule has 10 nitrogen and oxygen atoms in total. The highest BCUT2D eigenvalue weighted by Crippen LogP contribution is 2.30. The van der Waals surface area contributed by atoms with Crippen molar-refractivity contribution in [1.29, 1.82) is 0 Å². The van der Waals surface area contributed by atoms with E-state index in [0.29, 0.717) is 10.2 Å². The van der Waals surface area contributed by atoms with Gasteiger partial charge in [0.2, 0.25) is 10.0 Å². The summed E-state index contributed by atoms with van der Waals surface area (Å²) >= 11 is 1.05. The molecule has 35 heavy (non-hydrogen) atoms. The van der Waals surface area contributed by atoms with Crippen molar-refractivity contribution in [2.45, 2.75) is 35.2 Å². The zero-order chi connectivity index (χ0) is 25.5. The van der Waals surface area contributed by atoms with Crippen LogP contribution in [0.15, 0.2) is 57.2 Å². The van der Waals surface area contributed by atoms with Crippen molar-refractivity contribution in [1.82, 2.24) is 8.87 Å². The number of hydrogen-bond acceptors (Lipinski definition) is 8. The SMILES string of the molecule is COC(=O)Cn1c(=NC(=O)c2ccc(S(=O)(=O)N(C)C3CC3)cc2)sc2cc(S(C)(=O)=O)ccc21. The summed E-state index contributed by atoms with van der Waals surface area (Å²) in [6, 6.07) is 9.94. The fourth-order valence-corrected chi connectivity index (χ4v) is 6.64. The predicted octanol–water partition coefficient (Wildman–Crippen LogP) is 1.80. The van der Waals surface area contributed by atoms with Gasteiger partial charge in [-0.05, 0) is 55.3 Å². The first-order chi connectivity index (χ1) is 16.4. The average Bonchev–Trinajstić information content (AvgIpc) is 3.61. The number of aromatic nitrogens is 1. The quantitative estimate of drug-likeness (QED) is 0.420. The molecule has 0 N–H and O–H groups in total. The number of sulfone groups is 1. The second kappa shape index (κ2) is 9.30. The van der Waals surface area contributed by atoms with Crippen molar-refractivity contribution in [2.75, 3.05) is 20.4 Å². The van der Waals surface area contributed by atoms with Crippen LogP contribution in [0, 0.1) is 0 Å². The highest BCUT2D eigenvalue weighted by Gasteiger charge is 2.35. The molecule has 2 aromatic carbocycles. The lowest BCUT2D eigenvalue weighted by Gasteiger charge is -2.16. The summed E-state index contributed by atoms with van der Waals surface area (Å²) in [6.45, 7) is -0.231. The second-order valence-corrected chi connectivity index (χ2v) is 13.2. The Morgan fingerprint density at radius 1 is 1.09 bits per heavy atom. The summed E-state index contributed by atoms with van der Waals surface area (Å²) in [5.74, 6) is -1.21. The third kappa shape index (κ3) is 5.22. The number of carbonyl (C=O) groups excluding carboxylic acids is 2. The summed E-state index contributed by atoms with van der Waals surface area (Å²) < 4.78 is 57.3. The maximum atomic E-state index is 12.9. The molecule has 0 spiro atoms. The smallest absolute Gasteiger partial charge is 0.325 e. The molecule has 0 aliphatic heterocycles. The third-order valence-corrected chi connectivity index (χ3v) is 9.71. The number of benzene rings is 2. The number of fused-ring (bicyclic) bond motifs is 1. The van der Waals surface area contributed by atoms with Gasteiger partial charge < -0.3 is 9.30 Å². The van der Waals surface area contributed by atoms with E-state index in [4.69, 9.17) is 4.74 Å². The third-order valence-electron chi connectivity index (χ3n) is 5.63. The van der Waals surface area contributed by atoms with Crippen molar-refractivity contribution in [3.05, 3.63) is 52.8 Å². The lowest BCUT2D eigenvalue weighted by Crippen LogP contribution is -2.28. The molecule has 0 unspecified atom stereocenters. The minimum atomic E-state index is -3.64. The highest BCUT2D eigenvalue weighted by atomic mass is 32.2. The van der Waals surface area contributed by atoms with Gasteiger partial charge in [-0.2, -0.15) is 9.30 Å². The van der Waals surface area contributed by atoms with Crippen molar-refractivity contribution < 1.29 is 31.2 Å². The van der Waals surface area contributed by atoms with Gasteiger partial charge in [-0.3, -0.25) is 9.59 Å². The van der Waals surface area contributed by atoms with Gasteiger partial charge in [-0.25, -0.2) is 16.8 Å². The number of thiazole rings is 1. The van der Waals surface area contributed by atoms with Crippen molar-refractivity contribution >= 4 is 53.3 Å². The summed E-state index contributed by atoms with van der Waals surface area (Å²) in [6.07, 6.45) is 2.75. The minimum absolute atomic E-state index is 0.0118. The number of carbonyl (C=O) groups is 2. The number of hydrogen-bond donors (Lipinski definition) is 0. The van der Waals surface area contributed by atoms with Crippen LogP contribution in [0.2, 0.25) is 0 Å².